The summed E-state index contributed by atoms with van der Waals surface area (Å²) in [5.74, 6) is 0.379. The van der Waals surface area contributed by atoms with E-state index in [1.54, 1.807) is 18.4 Å². The Balaban J connectivity index is 2.01. The summed E-state index contributed by atoms with van der Waals surface area (Å²) >= 11 is 1.32. The van der Waals surface area contributed by atoms with E-state index in [4.69, 9.17) is 10.00 Å². The van der Waals surface area contributed by atoms with Gasteiger partial charge in [0.1, 0.15) is 16.8 Å². The zero-order valence-electron chi connectivity index (χ0n) is 11.2. The molecule has 2 aromatic rings. The summed E-state index contributed by atoms with van der Waals surface area (Å²) in [7, 11) is 0. The molecule has 0 spiro atoms. The van der Waals surface area contributed by atoms with Crippen molar-refractivity contribution in [2.24, 2.45) is 0 Å². The van der Waals surface area contributed by atoms with Gasteiger partial charge in [-0.25, -0.2) is 0 Å². The number of hydrogen-bond donors (Lipinski definition) is 1. The minimum Gasteiger partial charge on any atom is -0.481 e. The summed E-state index contributed by atoms with van der Waals surface area (Å²) in [6.45, 7) is 3.64. The van der Waals surface area contributed by atoms with Crippen molar-refractivity contribution < 1.29 is 9.53 Å². The van der Waals surface area contributed by atoms with Crippen molar-refractivity contribution in [2.45, 2.75) is 20.0 Å². The van der Waals surface area contributed by atoms with Crippen molar-refractivity contribution in [1.82, 2.24) is 0 Å². The number of nitriles is 1. The van der Waals surface area contributed by atoms with Gasteiger partial charge < -0.3 is 10.1 Å². The van der Waals surface area contributed by atoms with Crippen molar-refractivity contribution in [1.29, 1.82) is 5.26 Å². The second kappa shape index (κ2) is 6.22. The molecule has 4 nitrogen and oxygen atoms in total. The molecule has 0 aliphatic rings. The quantitative estimate of drug-likeness (QED) is 0.937. The summed E-state index contributed by atoms with van der Waals surface area (Å²) in [6, 6.07) is 11.2. The Kier molecular flexibility index (Phi) is 4.38. The first kappa shape index (κ1) is 14.1. The molecule has 102 valence electrons. The maximum absolute atomic E-state index is 12.0. The van der Waals surface area contributed by atoms with Crippen LogP contribution in [0.25, 0.3) is 0 Å². The van der Waals surface area contributed by atoms with Gasteiger partial charge in [-0.1, -0.05) is 12.1 Å². The second-order valence-electron chi connectivity index (χ2n) is 4.34. The molecule has 1 unspecified atom stereocenters. The van der Waals surface area contributed by atoms with Gasteiger partial charge in [0.2, 0.25) is 0 Å². The third-order valence-corrected chi connectivity index (χ3v) is 3.52. The lowest BCUT2D eigenvalue weighted by Gasteiger charge is -2.14. The van der Waals surface area contributed by atoms with Crippen molar-refractivity contribution in [3.05, 3.63) is 46.8 Å². The van der Waals surface area contributed by atoms with Gasteiger partial charge in [-0.05, 0) is 43.0 Å². The van der Waals surface area contributed by atoms with Gasteiger partial charge >= 0.3 is 0 Å². The van der Waals surface area contributed by atoms with Crippen LogP contribution in [0.2, 0.25) is 0 Å². The fourth-order valence-electron chi connectivity index (χ4n) is 1.65. The molecule has 0 fully saturated rings. The monoisotopic (exact) mass is 286 g/mol. The molecule has 2 rings (SSSR count). The smallest absolute Gasteiger partial charge is 0.265 e. The van der Waals surface area contributed by atoms with Gasteiger partial charge in [-0.2, -0.15) is 5.26 Å². The molecule has 1 aromatic heterocycles. The number of carbonyl (C=O) groups is 1. The Hall–Kier alpha value is -2.32. The van der Waals surface area contributed by atoms with E-state index < -0.39 is 6.10 Å². The Morgan fingerprint density at radius 1 is 1.45 bits per heavy atom. The number of amides is 1. The van der Waals surface area contributed by atoms with Crippen LogP contribution in [0.4, 0.5) is 5.00 Å². The van der Waals surface area contributed by atoms with Crippen LogP contribution >= 0.6 is 11.3 Å². The molecule has 20 heavy (non-hydrogen) atoms. The number of aryl methyl sites for hydroxylation is 1. The number of hydrogen-bond acceptors (Lipinski definition) is 4. The molecule has 0 saturated heterocycles. The Bertz CT molecular complexity index is 658. The maximum atomic E-state index is 12.0. The van der Waals surface area contributed by atoms with Crippen molar-refractivity contribution in [3.8, 4) is 11.8 Å². The lowest BCUT2D eigenvalue weighted by Crippen LogP contribution is -2.30. The molecule has 1 amide bonds. The third kappa shape index (κ3) is 3.37. The minimum absolute atomic E-state index is 0.273. The van der Waals surface area contributed by atoms with E-state index in [0.29, 0.717) is 16.3 Å². The van der Waals surface area contributed by atoms with Crippen LogP contribution in [0.5, 0.6) is 5.75 Å². The van der Waals surface area contributed by atoms with Crippen molar-refractivity contribution in [3.63, 3.8) is 0 Å². The number of carbonyl (C=O) groups excluding carboxylic acids is 1. The normalized spacial score (nSPS) is 11.4. The first-order valence-corrected chi connectivity index (χ1v) is 7.00. The largest absolute Gasteiger partial charge is 0.481 e. The van der Waals surface area contributed by atoms with E-state index in [1.165, 1.54) is 11.3 Å². The van der Waals surface area contributed by atoms with Crippen molar-refractivity contribution in [2.75, 3.05) is 5.32 Å². The summed E-state index contributed by atoms with van der Waals surface area (Å²) < 4.78 is 5.59. The predicted molar refractivity (Wildman–Crippen MR) is 78.9 cm³/mol. The van der Waals surface area contributed by atoms with Crippen LogP contribution in [0.15, 0.2) is 35.7 Å². The highest BCUT2D eigenvalue weighted by Crippen LogP contribution is 2.22. The number of benzene rings is 1. The molecule has 1 atom stereocenters. The van der Waals surface area contributed by atoms with E-state index in [0.717, 1.165) is 5.56 Å². The van der Waals surface area contributed by atoms with E-state index in [2.05, 4.69) is 5.32 Å². The molecule has 1 N–H and O–H groups in total. The highest BCUT2D eigenvalue weighted by atomic mass is 32.1. The molecule has 0 radical (unpaired) electrons. The predicted octanol–water partition coefficient (Wildman–Crippen LogP) is 3.33. The van der Waals surface area contributed by atoms with Crippen LogP contribution in [0.1, 0.15) is 18.1 Å². The number of anilines is 1. The van der Waals surface area contributed by atoms with Crippen LogP contribution in [0, 0.1) is 18.3 Å². The average molecular weight is 286 g/mol. The molecular weight excluding hydrogens is 272 g/mol. The molecule has 0 aliphatic heterocycles. The fraction of sp³-hybridized carbons (Fsp3) is 0.200. The highest BCUT2D eigenvalue weighted by molar-refractivity contribution is 7.14. The molecule has 0 saturated carbocycles. The van der Waals surface area contributed by atoms with Gasteiger partial charge in [-0.15, -0.1) is 11.3 Å². The highest BCUT2D eigenvalue weighted by Gasteiger charge is 2.17. The number of ether oxygens (including phenoxy) is 1. The van der Waals surface area contributed by atoms with Crippen LogP contribution in [-0.4, -0.2) is 12.0 Å². The average Bonchev–Trinajstić information content (AvgIpc) is 2.85. The molecule has 1 aromatic carbocycles. The van der Waals surface area contributed by atoms with Gasteiger partial charge in [-0.3, -0.25) is 4.79 Å². The molecular formula is C15H14N2O2S. The molecule has 0 bridgehead atoms. The van der Waals surface area contributed by atoms with E-state index in [9.17, 15) is 4.79 Å². The second-order valence-corrected chi connectivity index (χ2v) is 5.26. The maximum Gasteiger partial charge on any atom is 0.265 e. The SMILES string of the molecule is Cc1cccc(OC(C)C(=O)Nc2sccc2C#N)c1. The Labute approximate surface area is 121 Å². The van der Waals surface area contributed by atoms with E-state index >= 15 is 0 Å². The summed E-state index contributed by atoms with van der Waals surface area (Å²) in [6.07, 6.45) is -0.634. The first-order chi connectivity index (χ1) is 9.60. The third-order valence-electron chi connectivity index (χ3n) is 2.69. The Morgan fingerprint density at radius 2 is 2.25 bits per heavy atom. The number of nitrogens with one attached hydrogen (secondary N) is 1. The molecule has 0 aliphatic carbocycles. The summed E-state index contributed by atoms with van der Waals surface area (Å²) in [5, 5.41) is 13.9. The van der Waals surface area contributed by atoms with E-state index in [-0.39, 0.29) is 5.91 Å². The first-order valence-electron chi connectivity index (χ1n) is 6.12. The zero-order valence-corrected chi connectivity index (χ0v) is 12.0. The summed E-state index contributed by atoms with van der Waals surface area (Å²) in [4.78, 5) is 12.0. The number of thiophene rings is 1. The lowest BCUT2D eigenvalue weighted by atomic mass is 10.2. The van der Waals surface area contributed by atoms with Crippen LogP contribution in [-0.2, 0) is 4.79 Å². The van der Waals surface area contributed by atoms with Gasteiger partial charge in [0.25, 0.3) is 5.91 Å². The number of rotatable bonds is 4. The van der Waals surface area contributed by atoms with Crippen LogP contribution < -0.4 is 10.1 Å². The topological polar surface area (TPSA) is 62.1 Å². The molecule has 5 heteroatoms. The summed E-state index contributed by atoms with van der Waals surface area (Å²) in [5.41, 5.74) is 1.53. The zero-order chi connectivity index (χ0) is 14.5. The standard InChI is InChI=1S/C15H14N2O2S/c1-10-4-3-5-13(8-10)19-11(2)14(18)17-15-12(9-16)6-7-20-15/h3-8,11H,1-2H3,(H,17,18). The van der Waals surface area contributed by atoms with Gasteiger partial charge in [0.15, 0.2) is 6.10 Å². The number of nitrogens with zero attached hydrogens (tertiary/aromatic N) is 1. The van der Waals surface area contributed by atoms with E-state index in [1.807, 2.05) is 37.3 Å². The lowest BCUT2D eigenvalue weighted by molar-refractivity contribution is -0.122. The Morgan fingerprint density at radius 3 is 2.95 bits per heavy atom. The van der Waals surface area contributed by atoms with Gasteiger partial charge in [0, 0.05) is 0 Å². The minimum atomic E-state index is -0.634. The van der Waals surface area contributed by atoms with Gasteiger partial charge in [0.05, 0.1) is 5.56 Å². The molecule has 1 heterocycles. The van der Waals surface area contributed by atoms with Crippen molar-refractivity contribution >= 4 is 22.2 Å². The van der Waals surface area contributed by atoms with Crippen LogP contribution in [0.3, 0.4) is 0 Å². The fourth-order valence-corrected chi connectivity index (χ4v) is 2.39.